The molecule has 5 nitrogen and oxygen atoms in total. The van der Waals surface area contributed by atoms with Crippen molar-refractivity contribution >= 4 is 23.2 Å². The van der Waals surface area contributed by atoms with Gasteiger partial charge in [-0.25, -0.2) is 4.98 Å². The van der Waals surface area contributed by atoms with Crippen molar-refractivity contribution in [3.8, 4) is 0 Å². The van der Waals surface area contributed by atoms with Crippen molar-refractivity contribution < 1.29 is 4.79 Å². The van der Waals surface area contributed by atoms with E-state index in [4.69, 9.17) is 0 Å². The summed E-state index contributed by atoms with van der Waals surface area (Å²) in [4.78, 5) is 19.7. The van der Waals surface area contributed by atoms with E-state index in [1.807, 2.05) is 18.2 Å². The fraction of sp³-hybridized carbons (Fsp3) is 0.267. The molecular weight excluding hydrogens is 252 g/mol. The van der Waals surface area contributed by atoms with Crippen molar-refractivity contribution in [3.63, 3.8) is 0 Å². The van der Waals surface area contributed by atoms with Crippen LogP contribution in [0.1, 0.15) is 30.6 Å². The fourth-order valence-corrected chi connectivity index (χ4v) is 1.69. The Morgan fingerprint density at radius 1 is 1.20 bits per heavy atom. The van der Waals surface area contributed by atoms with Crippen LogP contribution in [-0.4, -0.2) is 22.3 Å². The minimum absolute atomic E-state index is 0.0542. The Hall–Kier alpha value is -2.43. The molecule has 0 aliphatic carbocycles. The zero-order chi connectivity index (χ0) is 14.4. The van der Waals surface area contributed by atoms with E-state index in [9.17, 15) is 4.79 Å². The van der Waals surface area contributed by atoms with E-state index < -0.39 is 0 Å². The molecule has 0 unspecified atom stereocenters. The summed E-state index contributed by atoms with van der Waals surface area (Å²) >= 11 is 0. The molecule has 1 aromatic heterocycles. The minimum atomic E-state index is 0.0542. The molecule has 2 N–H and O–H groups in total. The summed E-state index contributed by atoms with van der Waals surface area (Å²) in [5, 5.41) is 6.32. The maximum atomic E-state index is 11.2. The van der Waals surface area contributed by atoms with Gasteiger partial charge in [0, 0.05) is 24.0 Å². The molecule has 104 valence electrons. The molecule has 0 spiro atoms. The summed E-state index contributed by atoms with van der Waals surface area (Å²) in [6.07, 6.45) is 2.75. The quantitative estimate of drug-likeness (QED) is 0.789. The molecule has 2 aromatic rings. The fourth-order valence-electron chi connectivity index (χ4n) is 1.69. The van der Waals surface area contributed by atoms with E-state index in [2.05, 4.69) is 27.5 Å². The molecular formula is C15H18N4O. The number of ketones is 1. The van der Waals surface area contributed by atoms with Gasteiger partial charge in [-0.2, -0.15) is 4.98 Å². The van der Waals surface area contributed by atoms with Gasteiger partial charge < -0.3 is 10.6 Å². The highest BCUT2D eigenvalue weighted by molar-refractivity contribution is 5.94. The lowest BCUT2D eigenvalue weighted by atomic mass is 10.1. The first kappa shape index (κ1) is 14.0. The molecule has 0 atom stereocenters. The van der Waals surface area contributed by atoms with Crippen LogP contribution in [0.25, 0.3) is 0 Å². The molecule has 0 amide bonds. The smallest absolute Gasteiger partial charge is 0.229 e. The first-order valence-electron chi connectivity index (χ1n) is 6.64. The Morgan fingerprint density at radius 3 is 2.60 bits per heavy atom. The maximum Gasteiger partial charge on any atom is 0.229 e. The molecule has 0 saturated heterocycles. The summed E-state index contributed by atoms with van der Waals surface area (Å²) in [5.74, 6) is 1.38. The molecule has 1 heterocycles. The summed E-state index contributed by atoms with van der Waals surface area (Å²) < 4.78 is 0. The largest absolute Gasteiger partial charge is 0.370 e. The lowest BCUT2D eigenvalue weighted by Gasteiger charge is -2.08. The van der Waals surface area contributed by atoms with E-state index in [-0.39, 0.29) is 5.78 Å². The molecule has 0 aliphatic rings. The Bertz CT molecular complexity index is 581. The van der Waals surface area contributed by atoms with Crippen LogP contribution >= 0.6 is 0 Å². The molecule has 0 bridgehead atoms. The number of aromatic nitrogens is 2. The average molecular weight is 270 g/mol. The normalized spacial score (nSPS) is 10.1. The summed E-state index contributed by atoms with van der Waals surface area (Å²) in [5.41, 5.74) is 1.54. The van der Waals surface area contributed by atoms with Gasteiger partial charge in [-0.3, -0.25) is 4.79 Å². The van der Waals surface area contributed by atoms with Gasteiger partial charge in [-0.05, 0) is 43.7 Å². The topological polar surface area (TPSA) is 66.9 Å². The number of hydrogen-bond donors (Lipinski definition) is 2. The van der Waals surface area contributed by atoms with Crippen molar-refractivity contribution in [2.75, 3.05) is 17.2 Å². The highest BCUT2D eigenvalue weighted by Gasteiger charge is 2.02. The van der Waals surface area contributed by atoms with Crippen LogP contribution in [-0.2, 0) is 0 Å². The molecule has 2 rings (SSSR count). The Morgan fingerprint density at radius 2 is 1.95 bits per heavy atom. The van der Waals surface area contributed by atoms with Gasteiger partial charge in [-0.1, -0.05) is 6.92 Å². The van der Waals surface area contributed by atoms with Gasteiger partial charge in [0.1, 0.15) is 5.82 Å². The number of nitrogens with zero attached hydrogens (tertiary/aromatic N) is 2. The van der Waals surface area contributed by atoms with E-state index in [0.717, 1.165) is 24.5 Å². The molecule has 0 saturated carbocycles. The number of anilines is 3. The summed E-state index contributed by atoms with van der Waals surface area (Å²) in [6.45, 7) is 4.53. The Labute approximate surface area is 118 Å². The second kappa shape index (κ2) is 6.65. The van der Waals surface area contributed by atoms with Crippen molar-refractivity contribution in [1.82, 2.24) is 9.97 Å². The monoisotopic (exact) mass is 270 g/mol. The molecule has 0 aliphatic heterocycles. The van der Waals surface area contributed by atoms with Crippen molar-refractivity contribution in [3.05, 3.63) is 42.1 Å². The maximum absolute atomic E-state index is 11.2. The SMILES string of the molecule is CCCNc1ccnc(Nc2ccc(C(C)=O)cc2)n1. The molecule has 1 aromatic carbocycles. The van der Waals surface area contributed by atoms with Crippen molar-refractivity contribution in [2.24, 2.45) is 0 Å². The van der Waals surface area contributed by atoms with E-state index in [1.54, 1.807) is 25.3 Å². The summed E-state index contributed by atoms with van der Waals surface area (Å²) in [6, 6.07) is 9.08. The standard InChI is InChI=1S/C15H18N4O/c1-3-9-16-14-8-10-17-15(19-14)18-13-6-4-12(5-7-13)11(2)20/h4-8,10H,3,9H2,1-2H3,(H2,16,17,18,19). The van der Waals surface area contributed by atoms with E-state index in [1.165, 1.54) is 0 Å². The number of benzene rings is 1. The molecule has 0 fully saturated rings. The van der Waals surface area contributed by atoms with Crippen LogP contribution in [0.4, 0.5) is 17.5 Å². The third kappa shape index (κ3) is 3.78. The zero-order valence-corrected chi connectivity index (χ0v) is 11.7. The van der Waals surface area contributed by atoms with Gasteiger partial charge in [0.05, 0.1) is 0 Å². The molecule has 20 heavy (non-hydrogen) atoms. The van der Waals surface area contributed by atoms with Crippen LogP contribution in [0.5, 0.6) is 0 Å². The van der Waals surface area contributed by atoms with E-state index >= 15 is 0 Å². The van der Waals surface area contributed by atoms with Gasteiger partial charge in [-0.15, -0.1) is 0 Å². The summed E-state index contributed by atoms with van der Waals surface area (Å²) in [7, 11) is 0. The second-order valence-corrected chi connectivity index (χ2v) is 4.45. The number of rotatable bonds is 6. The van der Waals surface area contributed by atoms with E-state index in [0.29, 0.717) is 11.5 Å². The van der Waals surface area contributed by atoms with Crippen LogP contribution in [0.15, 0.2) is 36.5 Å². The number of Topliss-reactive ketones (excluding diaryl/α,β-unsaturated/α-hetero) is 1. The number of carbonyl (C=O) groups excluding carboxylic acids is 1. The first-order chi connectivity index (χ1) is 9.69. The Balaban J connectivity index is 2.07. The minimum Gasteiger partial charge on any atom is -0.370 e. The van der Waals surface area contributed by atoms with Crippen molar-refractivity contribution in [2.45, 2.75) is 20.3 Å². The van der Waals surface area contributed by atoms with Gasteiger partial charge in [0.25, 0.3) is 0 Å². The van der Waals surface area contributed by atoms with Gasteiger partial charge >= 0.3 is 0 Å². The molecule has 5 heteroatoms. The predicted molar refractivity (Wildman–Crippen MR) is 80.5 cm³/mol. The van der Waals surface area contributed by atoms with Gasteiger partial charge in [0.2, 0.25) is 5.95 Å². The van der Waals surface area contributed by atoms with Crippen LogP contribution in [0, 0.1) is 0 Å². The lowest BCUT2D eigenvalue weighted by molar-refractivity contribution is 0.101. The van der Waals surface area contributed by atoms with Crippen LogP contribution < -0.4 is 10.6 Å². The number of carbonyl (C=O) groups is 1. The number of nitrogens with one attached hydrogen (secondary N) is 2. The average Bonchev–Trinajstić information content (AvgIpc) is 2.46. The third-order valence-corrected chi connectivity index (χ3v) is 2.76. The zero-order valence-electron chi connectivity index (χ0n) is 11.7. The molecule has 0 radical (unpaired) electrons. The highest BCUT2D eigenvalue weighted by Crippen LogP contribution is 2.15. The predicted octanol–water partition coefficient (Wildman–Crippen LogP) is 3.24. The van der Waals surface area contributed by atoms with Gasteiger partial charge in [0.15, 0.2) is 5.78 Å². The number of hydrogen-bond acceptors (Lipinski definition) is 5. The van der Waals surface area contributed by atoms with Crippen LogP contribution in [0.2, 0.25) is 0 Å². The first-order valence-corrected chi connectivity index (χ1v) is 6.64. The van der Waals surface area contributed by atoms with Crippen molar-refractivity contribution in [1.29, 1.82) is 0 Å². The highest BCUT2D eigenvalue weighted by atomic mass is 16.1. The third-order valence-electron chi connectivity index (χ3n) is 2.76. The van der Waals surface area contributed by atoms with Crippen LogP contribution in [0.3, 0.4) is 0 Å². The Kier molecular flexibility index (Phi) is 4.65. The second-order valence-electron chi connectivity index (χ2n) is 4.45. The lowest BCUT2D eigenvalue weighted by Crippen LogP contribution is -2.04.